The van der Waals surface area contributed by atoms with Gasteiger partial charge in [-0.05, 0) is 24.3 Å². The number of para-hydroxylation sites is 2. The predicted molar refractivity (Wildman–Crippen MR) is 95.0 cm³/mol. The minimum Gasteiger partial charge on any atom is -0.458 e. The van der Waals surface area contributed by atoms with Gasteiger partial charge in [-0.15, -0.1) is 0 Å². The van der Waals surface area contributed by atoms with Crippen molar-refractivity contribution in [2.45, 2.75) is 6.61 Å². The molecule has 0 atom stereocenters. The summed E-state index contributed by atoms with van der Waals surface area (Å²) in [6.07, 6.45) is 6.34. The summed E-state index contributed by atoms with van der Waals surface area (Å²) in [4.78, 5) is 16.2. The van der Waals surface area contributed by atoms with Crippen molar-refractivity contribution in [2.75, 3.05) is 0 Å². The van der Waals surface area contributed by atoms with Crippen molar-refractivity contribution in [2.24, 2.45) is 0 Å². The fourth-order valence-electron chi connectivity index (χ4n) is 2.71. The maximum atomic E-state index is 12.0. The number of esters is 1. The number of nitriles is 1. The zero-order valence-corrected chi connectivity index (χ0v) is 13.6. The molecular formula is C20H13N3O3. The SMILES string of the molecule is N#Cc1c(COC(=O)/C=C/c2nc3ccccc3o2)cn2ccccc12. The fraction of sp³-hybridized carbons (Fsp3) is 0.0500. The highest BCUT2D eigenvalue weighted by Crippen LogP contribution is 2.19. The zero-order valence-electron chi connectivity index (χ0n) is 13.6. The summed E-state index contributed by atoms with van der Waals surface area (Å²) in [6, 6.07) is 15.1. The minimum atomic E-state index is -0.536. The Morgan fingerprint density at radius 2 is 2.12 bits per heavy atom. The Bertz CT molecular complexity index is 1140. The van der Waals surface area contributed by atoms with Gasteiger partial charge in [0.1, 0.15) is 18.2 Å². The lowest BCUT2D eigenvalue weighted by Gasteiger charge is -1.99. The van der Waals surface area contributed by atoms with E-state index in [0.717, 1.165) is 11.0 Å². The van der Waals surface area contributed by atoms with Gasteiger partial charge < -0.3 is 13.6 Å². The molecule has 0 aliphatic heterocycles. The number of pyridine rings is 1. The average molecular weight is 343 g/mol. The van der Waals surface area contributed by atoms with Crippen LogP contribution in [0, 0.1) is 11.3 Å². The van der Waals surface area contributed by atoms with Gasteiger partial charge in [-0.2, -0.15) is 5.26 Å². The summed E-state index contributed by atoms with van der Waals surface area (Å²) in [6.45, 7) is 0.0152. The number of aromatic nitrogens is 2. The molecule has 3 aromatic heterocycles. The van der Waals surface area contributed by atoms with Crippen LogP contribution in [0.4, 0.5) is 0 Å². The third-order valence-corrected chi connectivity index (χ3v) is 3.92. The molecule has 4 rings (SSSR count). The number of nitrogens with zero attached hydrogens (tertiary/aromatic N) is 3. The van der Waals surface area contributed by atoms with E-state index in [0.29, 0.717) is 22.6 Å². The Balaban J connectivity index is 1.46. The molecule has 0 bridgehead atoms. The van der Waals surface area contributed by atoms with Gasteiger partial charge in [0, 0.05) is 30.1 Å². The molecule has 0 aliphatic rings. The third kappa shape index (κ3) is 2.94. The Hall–Kier alpha value is -3.85. The van der Waals surface area contributed by atoms with E-state index >= 15 is 0 Å². The Morgan fingerprint density at radius 1 is 1.27 bits per heavy atom. The molecule has 0 aliphatic carbocycles. The molecule has 3 heterocycles. The van der Waals surface area contributed by atoms with Crippen molar-refractivity contribution >= 4 is 28.7 Å². The van der Waals surface area contributed by atoms with Crippen LogP contribution in [-0.4, -0.2) is 15.4 Å². The molecule has 0 saturated carbocycles. The highest BCUT2D eigenvalue weighted by atomic mass is 16.5. The van der Waals surface area contributed by atoms with E-state index in [2.05, 4.69) is 11.1 Å². The molecule has 0 fully saturated rings. The molecule has 0 radical (unpaired) electrons. The van der Waals surface area contributed by atoms with Crippen LogP contribution in [0.15, 0.2) is 65.4 Å². The normalized spacial score (nSPS) is 11.2. The van der Waals surface area contributed by atoms with E-state index in [1.807, 2.05) is 47.0 Å². The molecule has 0 unspecified atom stereocenters. The lowest BCUT2D eigenvalue weighted by molar-refractivity contribution is -0.138. The average Bonchev–Trinajstić information content (AvgIpc) is 3.24. The standard InChI is InChI=1S/C20H13N3O3/c21-11-15-14(12-23-10-4-3-6-17(15)23)13-25-20(24)9-8-19-22-16-5-1-2-7-18(16)26-19/h1-10,12H,13H2/b9-8+. The summed E-state index contributed by atoms with van der Waals surface area (Å²) < 4.78 is 12.6. The molecule has 4 aromatic rings. The first-order valence-electron chi connectivity index (χ1n) is 7.93. The topological polar surface area (TPSA) is 80.5 Å². The number of carbonyl (C=O) groups excluding carboxylic acids is 1. The lowest BCUT2D eigenvalue weighted by atomic mass is 10.2. The molecule has 126 valence electrons. The summed E-state index contributed by atoms with van der Waals surface area (Å²) in [5, 5.41) is 9.35. The number of benzene rings is 1. The van der Waals surface area contributed by atoms with Gasteiger partial charge in [-0.1, -0.05) is 18.2 Å². The van der Waals surface area contributed by atoms with Gasteiger partial charge in [-0.25, -0.2) is 9.78 Å². The van der Waals surface area contributed by atoms with Crippen LogP contribution >= 0.6 is 0 Å². The van der Waals surface area contributed by atoms with Crippen LogP contribution in [0.2, 0.25) is 0 Å². The third-order valence-electron chi connectivity index (χ3n) is 3.92. The molecule has 6 nitrogen and oxygen atoms in total. The van der Waals surface area contributed by atoms with Gasteiger partial charge in [-0.3, -0.25) is 0 Å². The van der Waals surface area contributed by atoms with Gasteiger partial charge in [0.25, 0.3) is 0 Å². The fourth-order valence-corrected chi connectivity index (χ4v) is 2.71. The number of hydrogen-bond donors (Lipinski definition) is 0. The van der Waals surface area contributed by atoms with Crippen molar-refractivity contribution in [1.82, 2.24) is 9.38 Å². The number of fused-ring (bicyclic) bond motifs is 2. The molecule has 0 saturated heterocycles. The molecule has 0 amide bonds. The molecule has 0 N–H and O–H groups in total. The summed E-state index contributed by atoms with van der Waals surface area (Å²) >= 11 is 0. The Kier molecular flexibility index (Phi) is 3.96. The van der Waals surface area contributed by atoms with Crippen LogP contribution in [0.25, 0.3) is 22.7 Å². The number of ether oxygens (including phenoxy) is 1. The molecule has 0 spiro atoms. The Labute approximate surface area is 148 Å². The first-order valence-corrected chi connectivity index (χ1v) is 7.93. The van der Waals surface area contributed by atoms with E-state index in [1.165, 1.54) is 12.2 Å². The van der Waals surface area contributed by atoms with Crippen molar-refractivity contribution < 1.29 is 13.9 Å². The van der Waals surface area contributed by atoms with Crippen molar-refractivity contribution in [1.29, 1.82) is 5.26 Å². The van der Waals surface area contributed by atoms with E-state index in [9.17, 15) is 10.1 Å². The Morgan fingerprint density at radius 3 is 2.96 bits per heavy atom. The largest absolute Gasteiger partial charge is 0.458 e. The molecule has 6 heteroatoms. The monoisotopic (exact) mass is 343 g/mol. The second kappa shape index (κ2) is 6.57. The number of hydrogen-bond acceptors (Lipinski definition) is 5. The number of rotatable bonds is 4. The predicted octanol–water partition coefficient (Wildman–Crippen LogP) is 3.71. The minimum absolute atomic E-state index is 0.0152. The van der Waals surface area contributed by atoms with Gasteiger partial charge >= 0.3 is 5.97 Å². The highest BCUT2D eigenvalue weighted by molar-refractivity contribution is 5.87. The first-order chi connectivity index (χ1) is 12.7. The number of carbonyl (C=O) groups is 1. The zero-order chi connectivity index (χ0) is 17.9. The van der Waals surface area contributed by atoms with Gasteiger partial charge in [0.15, 0.2) is 5.58 Å². The first kappa shape index (κ1) is 15.7. The second-order valence-electron chi connectivity index (χ2n) is 5.60. The van der Waals surface area contributed by atoms with E-state index in [-0.39, 0.29) is 6.61 Å². The molecule has 26 heavy (non-hydrogen) atoms. The van der Waals surface area contributed by atoms with Gasteiger partial charge in [0.2, 0.25) is 5.89 Å². The smallest absolute Gasteiger partial charge is 0.331 e. The summed E-state index contributed by atoms with van der Waals surface area (Å²) in [7, 11) is 0. The quantitative estimate of drug-likeness (QED) is 0.417. The van der Waals surface area contributed by atoms with E-state index in [4.69, 9.17) is 9.15 Å². The number of oxazole rings is 1. The molecular weight excluding hydrogens is 330 g/mol. The summed E-state index contributed by atoms with van der Waals surface area (Å²) in [5.41, 5.74) is 3.31. The second-order valence-corrected chi connectivity index (χ2v) is 5.60. The highest BCUT2D eigenvalue weighted by Gasteiger charge is 2.11. The molecule has 1 aromatic carbocycles. The maximum absolute atomic E-state index is 12.0. The van der Waals surface area contributed by atoms with Crippen molar-refractivity contribution in [3.63, 3.8) is 0 Å². The van der Waals surface area contributed by atoms with Crippen LogP contribution in [0.3, 0.4) is 0 Å². The van der Waals surface area contributed by atoms with E-state index in [1.54, 1.807) is 12.3 Å². The van der Waals surface area contributed by atoms with Crippen LogP contribution in [0.5, 0.6) is 0 Å². The van der Waals surface area contributed by atoms with Crippen molar-refractivity contribution in [3.05, 3.63) is 78.0 Å². The van der Waals surface area contributed by atoms with Crippen LogP contribution in [0.1, 0.15) is 17.0 Å². The van der Waals surface area contributed by atoms with Crippen LogP contribution in [-0.2, 0) is 16.1 Å². The lowest BCUT2D eigenvalue weighted by Crippen LogP contribution is -2.01. The van der Waals surface area contributed by atoms with Gasteiger partial charge in [0.05, 0.1) is 11.1 Å². The van der Waals surface area contributed by atoms with Crippen LogP contribution < -0.4 is 0 Å². The van der Waals surface area contributed by atoms with Crippen molar-refractivity contribution in [3.8, 4) is 6.07 Å². The maximum Gasteiger partial charge on any atom is 0.331 e. The summed E-state index contributed by atoms with van der Waals surface area (Å²) in [5.74, 6) is -0.207. The van der Waals surface area contributed by atoms with E-state index < -0.39 is 5.97 Å².